The molecule has 1 aromatic heterocycles. The van der Waals surface area contributed by atoms with E-state index in [2.05, 4.69) is 22.5 Å². The molecule has 4 aromatic rings. The van der Waals surface area contributed by atoms with Crippen LogP contribution in [0.4, 0.5) is 10.5 Å². The summed E-state index contributed by atoms with van der Waals surface area (Å²) in [5.41, 5.74) is 3.86. The fourth-order valence-electron chi connectivity index (χ4n) is 4.66. The Hall–Kier alpha value is -4.46. The first-order chi connectivity index (χ1) is 19.5. The Balaban J connectivity index is 1.42. The van der Waals surface area contributed by atoms with Gasteiger partial charge in [0.25, 0.3) is 0 Å². The Bertz CT molecular complexity index is 1400. The van der Waals surface area contributed by atoms with Crippen molar-refractivity contribution in [3.05, 3.63) is 90.1 Å². The predicted molar refractivity (Wildman–Crippen MR) is 159 cm³/mol. The Labute approximate surface area is 236 Å². The zero-order chi connectivity index (χ0) is 28.3. The van der Waals surface area contributed by atoms with Gasteiger partial charge in [0, 0.05) is 43.3 Å². The number of nitrogens with zero attached hydrogens (tertiary/aromatic N) is 2. The number of benzene rings is 3. The standard InChI is InChI=1S/C32H38N4O4/c1-23(35-28-20-27(38-2)19-26-13-8-16-33-31(26)28)10-9-17-36(32(37)34-21-24-11-6-5-7-12-24)22-25-14-15-29(39-3)30(18-25)40-4/h5-8,11-16,18-20,23,35H,9-10,17,21-22H2,1-4H3,(H,34,37). The lowest BCUT2D eigenvalue weighted by molar-refractivity contribution is 0.193. The largest absolute Gasteiger partial charge is 0.497 e. The molecule has 8 heteroatoms. The Morgan fingerprint density at radius 1 is 0.900 bits per heavy atom. The Kier molecular flexibility index (Phi) is 10.0. The van der Waals surface area contributed by atoms with E-state index < -0.39 is 0 Å². The summed E-state index contributed by atoms with van der Waals surface area (Å²) in [6.07, 6.45) is 3.47. The highest BCUT2D eigenvalue weighted by Crippen LogP contribution is 2.29. The molecule has 0 aliphatic rings. The smallest absolute Gasteiger partial charge is 0.317 e. The van der Waals surface area contributed by atoms with Crippen LogP contribution in [0.25, 0.3) is 10.9 Å². The molecule has 4 rings (SSSR count). The van der Waals surface area contributed by atoms with Crippen LogP contribution in [0, 0.1) is 0 Å². The summed E-state index contributed by atoms with van der Waals surface area (Å²) in [6, 6.07) is 23.6. The van der Waals surface area contributed by atoms with Crippen LogP contribution >= 0.6 is 0 Å². The lowest BCUT2D eigenvalue weighted by Gasteiger charge is -2.25. The van der Waals surface area contributed by atoms with Crippen LogP contribution < -0.4 is 24.8 Å². The number of anilines is 1. The van der Waals surface area contributed by atoms with Gasteiger partial charge in [-0.25, -0.2) is 4.79 Å². The van der Waals surface area contributed by atoms with Gasteiger partial charge in [-0.15, -0.1) is 0 Å². The quantitative estimate of drug-likeness (QED) is 0.208. The normalized spacial score (nSPS) is 11.5. The van der Waals surface area contributed by atoms with Crippen molar-refractivity contribution in [3.63, 3.8) is 0 Å². The van der Waals surface area contributed by atoms with Gasteiger partial charge in [-0.3, -0.25) is 4.98 Å². The fourth-order valence-corrected chi connectivity index (χ4v) is 4.66. The number of nitrogens with one attached hydrogen (secondary N) is 2. The molecular weight excluding hydrogens is 504 g/mol. The number of urea groups is 1. The summed E-state index contributed by atoms with van der Waals surface area (Å²) in [5, 5.41) is 7.69. The van der Waals surface area contributed by atoms with Crippen LogP contribution in [0.2, 0.25) is 0 Å². The number of aromatic nitrogens is 1. The van der Waals surface area contributed by atoms with Crippen LogP contribution in [0.5, 0.6) is 17.2 Å². The first kappa shape index (κ1) is 28.5. The van der Waals surface area contributed by atoms with E-state index in [0.29, 0.717) is 31.1 Å². The van der Waals surface area contributed by atoms with E-state index in [1.165, 1.54) is 0 Å². The number of hydrogen-bond acceptors (Lipinski definition) is 6. The maximum Gasteiger partial charge on any atom is 0.317 e. The summed E-state index contributed by atoms with van der Waals surface area (Å²) < 4.78 is 16.3. The molecule has 0 saturated heterocycles. The van der Waals surface area contributed by atoms with Crippen LogP contribution in [0.15, 0.2) is 79.0 Å². The van der Waals surface area contributed by atoms with Crippen molar-refractivity contribution in [2.45, 2.75) is 38.9 Å². The van der Waals surface area contributed by atoms with Crippen LogP contribution in [0.1, 0.15) is 30.9 Å². The second kappa shape index (κ2) is 14.1. The molecule has 1 heterocycles. The molecule has 0 radical (unpaired) electrons. The lowest BCUT2D eigenvalue weighted by atomic mass is 10.1. The molecule has 2 amide bonds. The van der Waals surface area contributed by atoms with E-state index in [1.54, 1.807) is 27.5 Å². The summed E-state index contributed by atoms with van der Waals surface area (Å²) in [4.78, 5) is 19.7. The van der Waals surface area contributed by atoms with E-state index in [1.807, 2.05) is 77.7 Å². The van der Waals surface area contributed by atoms with Gasteiger partial charge >= 0.3 is 6.03 Å². The molecule has 210 valence electrons. The number of pyridine rings is 1. The van der Waals surface area contributed by atoms with Crippen molar-refractivity contribution < 1.29 is 19.0 Å². The van der Waals surface area contributed by atoms with Crippen LogP contribution in [-0.4, -0.2) is 49.8 Å². The van der Waals surface area contributed by atoms with Crippen molar-refractivity contribution in [2.75, 3.05) is 33.2 Å². The average Bonchev–Trinajstić information content (AvgIpc) is 2.99. The minimum atomic E-state index is -0.109. The van der Waals surface area contributed by atoms with Crippen molar-refractivity contribution in [1.82, 2.24) is 15.2 Å². The number of carbonyl (C=O) groups is 1. The van der Waals surface area contributed by atoms with Gasteiger partial charge in [-0.1, -0.05) is 42.5 Å². The van der Waals surface area contributed by atoms with Gasteiger partial charge in [0.2, 0.25) is 0 Å². The molecule has 1 unspecified atom stereocenters. The molecule has 3 aromatic carbocycles. The van der Waals surface area contributed by atoms with E-state index in [0.717, 1.165) is 46.3 Å². The first-order valence-corrected chi connectivity index (χ1v) is 13.5. The van der Waals surface area contributed by atoms with Crippen molar-refractivity contribution in [3.8, 4) is 17.2 Å². The summed E-state index contributed by atoms with van der Waals surface area (Å²) in [6.45, 7) is 3.66. The maximum atomic E-state index is 13.3. The van der Waals surface area contributed by atoms with Crippen molar-refractivity contribution in [2.24, 2.45) is 0 Å². The zero-order valence-corrected chi connectivity index (χ0v) is 23.6. The predicted octanol–water partition coefficient (Wildman–Crippen LogP) is 6.25. The number of fused-ring (bicyclic) bond motifs is 1. The van der Waals surface area contributed by atoms with Gasteiger partial charge in [-0.05, 0) is 55.2 Å². The third-order valence-electron chi connectivity index (χ3n) is 6.78. The molecule has 0 spiro atoms. The number of hydrogen-bond donors (Lipinski definition) is 2. The number of amides is 2. The topological polar surface area (TPSA) is 85.0 Å². The Morgan fingerprint density at radius 2 is 1.70 bits per heavy atom. The number of ether oxygens (including phenoxy) is 3. The molecule has 40 heavy (non-hydrogen) atoms. The third-order valence-corrected chi connectivity index (χ3v) is 6.78. The second-order valence-corrected chi connectivity index (χ2v) is 9.69. The molecule has 2 N–H and O–H groups in total. The summed E-state index contributed by atoms with van der Waals surface area (Å²) >= 11 is 0. The van der Waals surface area contributed by atoms with Gasteiger partial charge in [0.15, 0.2) is 11.5 Å². The SMILES string of the molecule is COc1cc(NC(C)CCCN(Cc2ccc(OC)c(OC)c2)C(=O)NCc2ccccc2)c2ncccc2c1. The van der Waals surface area contributed by atoms with Gasteiger partial charge < -0.3 is 29.7 Å². The van der Waals surface area contributed by atoms with Gasteiger partial charge in [0.1, 0.15) is 5.75 Å². The fraction of sp³-hybridized carbons (Fsp3) is 0.312. The monoisotopic (exact) mass is 542 g/mol. The number of carbonyl (C=O) groups excluding carboxylic acids is 1. The van der Waals surface area contributed by atoms with E-state index >= 15 is 0 Å². The third kappa shape index (κ3) is 7.56. The molecule has 0 saturated carbocycles. The molecule has 0 aliphatic carbocycles. The Morgan fingerprint density at radius 3 is 2.45 bits per heavy atom. The second-order valence-electron chi connectivity index (χ2n) is 9.69. The molecule has 1 atom stereocenters. The van der Waals surface area contributed by atoms with E-state index in [9.17, 15) is 4.79 Å². The summed E-state index contributed by atoms with van der Waals surface area (Å²) in [7, 11) is 4.89. The highest BCUT2D eigenvalue weighted by atomic mass is 16.5. The minimum Gasteiger partial charge on any atom is -0.497 e. The lowest BCUT2D eigenvalue weighted by Crippen LogP contribution is -2.40. The molecule has 0 fully saturated rings. The minimum absolute atomic E-state index is 0.109. The van der Waals surface area contributed by atoms with E-state index in [-0.39, 0.29) is 12.1 Å². The molecule has 0 aliphatic heterocycles. The highest BCUT2D eigenvalue weighted by molar-refractivity contribution is 5.91. The van der Waals surface area contributed by atoms with Crippen LogP contribution in [-0.2, 0) is 13.1 Å². The van der Waals surface area contributed by atoms with Gasteiger partial charge in [-0.2, -0.15) is 0 Å². The highest BCUT2D eigenvalue weighted by Gasteiger charge is 2.16. The molecule has 8 nitrogen and oxygen atoms in total. The number of methoxy groups -OCH3 is 3. The maximum absolute atomic E-state index is 13.3. The first-order valence-electron chi connectivity index (χ1n) is 13.5. The average molecular weight is 543 g/mol. The number of rotatable bonds is 13. The molecule has 0 bridgehead atoms. The van der Waals surface area contributed by atoms with Crippen molar-refractivity contribution in [1.29, 1.82) is 0 Å². The van der Waals surface area contributed by atoms with Crippen LogP contribution in [0.3, 0.4) is 0 Å². The zero-order valence-electron chi connectivity index (χ0n) is 23.6. The van der Waals surface area contributed by atoms with E-state index in [4.69, 9.17) is 14.2 Å². The van der Waals surface area contributed by atoms with Crippen molar-refractivity contribution >= 4 is 22.6 Å². The molecular formula is C32H38N4O4. The van der Waals surface area contributed by atoms with Gasteiger partial charge in [0.05, 0.1) is 32.5 Å². The summed E-state index contributed by atoms with van der Waals surface area (Å²) in [5.74, 6) is 2.08.